The fraction of sp³-hybridized carbons (Fsp3) is 0.231. The van der Waals surface area contributed by atoms with Crippen molar-refractivity contribution in [2.24, 2.45) is 0 Å². The highest BCUT2D eigenvalue weighted by atomic mass is 15.1. The Hall–Kier alpha value is -1.70. The summed E-state index contributed by atoms with van der Waals surface area (Å²) in [5.41, 5.74) is 3.24. The van der Waals surface area contributed by atoms with Crippen LogP contribution in [-0.2, 0) is 0 Å². The van der Waals surface area contributed by atoms with E-state index in [1.54, 1.807) is 0 Å². The zero-order chi connectivity index (χ0) is 10.1. The fourth-order valence-electron chi connectivity index (χ4n) is 1.70. The zero-order valence-electron chi connectivity index (χ0n) is 8.43. The van der Waals surface area contributed by atoms with E-state index in [1.165, 1.54) is 12.8 Å². The molecule has 2 nitrogen and oxygen atoms in total. The smallest absolute Gasteiger partial charge is 0.0929 e. The summed E-state index contributed by atoms with van der Waals surface area (Å²) in [5, 5.41) is 8.53. The Kier molecular flexibility index (Phi) is 1.98. The Bertz CT molecular complexity index is 444. The van der Waals surface area contributed by atoms with Gasteiger partial charge in [0.15, 0.2) is 0 Å². The molecular formula is C13H12N2. The summed E-state index contributed by atoms with van der Waals surface area (Å²) in [6.07, 6.45) is 2.55. The Morgan fingerprint density at radius 1 is 0.867 bits per heavy atom. The van der Waals surface area contributed by atoms with Gasteiger partial charge in [-0.1, -0.05) is 30.3 Å². The standard InChI is InChI=1S/C13H12N2/c1-2-4-10(5-3-1)12-8-9-13(15-14-12)11-6-7-11/h1-5,8-9,11H,6-7H2. The molecule has 15 heavy (non-hydrogen) atoms. The molecule has 0 radical (unpaired) electrons. The summed E-state index contributed by atoms with van der Waals surface area (Å²) in [6, 6.07) is 14.3. The first-order chi connectivity index (χ1) is 7.43. The van der Waals surface area contributed by atoms with Crippen LogP contribution >= 0.6 is 0 Å². The van der Waals surface area contributed by atoms with Crippen LogP contribution in [0.15, 0.2) is 42.5 Å². The highest BCUT2D eigenvalue weighted by Gasteiger charge is 2.25. The first-order valence-corrected chi connectivity index (χ1v) is 5.32. The second-order valence-electron chi connectivity index (χ2n) is 3.98. The van der Waals surface area contributed by atoms with Crippen LogP contribution in [-0.4, -0.2) is 10.2 Å². The molecule has 2 heteroatoms. The van der Waals surface area contributed by atoms with Crippen LogP contribution in [0.4, 0.5) is 0 Å². The van der Waals surface area contributed by atoms with Gasteiger partial charge in [-0.25, -0.2) is 0 Å². The van der Waals surface area contributed by atoms with Crippen molar-refractivity contribution in [1.29, 1.82) is 0 Å². The minimum atomic E-state index is 0.683. The fourth-order valence-corrected chi connectivity index (χ4v) is 1.70. The van der Waals surface area contributed by atoms with Crippen LogP contribution in [0.3, 0.4) is 0 Å². The number of rotatable bonds is 2. The second-order valence-corrected chi connectivity index (χ2v) is 3.98. The van der Waals surface area contributed by atoms with Gasteiger partial charge in [0.05, 0.1) is 11.4 Å². The maximum absolute atomic E-state index is 4.27. The lowest BCUT2D eigenvalue weighted by Gasteiger charge is -2.00. The van der Waals surface area contributed by atoms with E-state index in [0.29, 0.717) is 5.92 Å². The lowest BCUT2D eigenvalue weighted by molar-refractivity contribution is 0.915. The number of benzene rings is 1. The largest absolute Gasteiger partial charge is 0.155 e. The third-order valence-electron chi connectivity index (χ3n) is 2.75. The number of hydrogen-bond donors (Lipinski definition) is 0. The minimum absolute atomic E-state index is 0.683. The molecule has 1 heterocycles. The van der Waals surface area contributed by atoms with E-state index in [2.05, 4.69) is 34.5 Å². The van der Waals surface area contributed by atoms with Crippen molar-refractivity contribution >= 4 is 0 Å². The van der Waals surface area contributed by atoms with E-state index in [4.69, 9.17) is 0 Å². The minimum Gasteiger partial charge on any atom is -0.155 e. The van der Waals surface area contributed by atoms with Gasteiger partial charge in [-0.15, -0.1) is 0 Å². The molecule has 2 aromatic rings. The summed E-state index contributed by atoms with van der Waals surface area (Å²) in [6.45, 7) is 0. The van der Waals surface area contributed by atoms with Gasteiger partial charge in [0, 0.05) is 11.5 Å². The first-order valence-electron chi connectivity index (χ1n) is 5.32. The monoisotopic (exact) mass is 196 g/mol. The summed E-state index contributed by atoms with van der Waals surface area (Å²) >= 11 is 0. The molecule has 0 amide bonds. The third kappa shape index (κ3) is 1.75. The SMILES string of the molecule is c1ccc(-c2ccc(C3CC3)nn2)cc1. The van der Waals surface area contributed by atoms with E-state index in [1.807, 2.05) is 18.2 Å². The summed E-state index contributed by atoms with van der Waals surface area (Å²) in [5.74, 6) is 0.683. The van der Waals surface area contributed by atoms with Crippen LogP contribution in [0, 0.1) is 0 Å². The van der Waals surface area contributed by atoms with Crippen molar-refractivity contribution in [1.82, 2.24) is 10.2 Å². The molecule has 0 saturated heterocycles. The molecule has 0 aliphatic heterocycles. The van der Waals surface area contributed by atoms with Crippen molar-refractivity contribution in [3.63, 3.8) is 0 Å². The molecule has 0 N–H and O–H groups in total. The van der Waals surface area contributed by atoms with E-state index < -0.39 is 0 Å². The van der Waals surface area contributed by atoms with Crippen LogP contribution in [0.2, 0.25) is 0 Å². The van der Waals surface area contributed by atoms with Gasteiger partial charge in [-0.3, -0.25) is 0 Å². The molecule has 0 atom stereocenters. The maximum Gasteiger partial charge on any atom is 0.0929 e. The molecule has 0 bridgehead atoms. The van der Waals surface area contributed by atoms with Crippen molar-refractivity contribution < 1.29 is 0 Å². The van der Waals surface area contributed by atoms with Crippen LogP contribution in [0.25, 0.3) is 11.3 Å². The predicted molar refractivity (Wildman–Crippen MR) is 59.4 cm³/mol. The van der Waals surface area contributed by atoms with Gasteiger partial charge in [0.1, 0.15) is 0 Å². The quantitative estimate of drug-likeness (QED) is 0.737. The van der Waals surface area contributed by atoms with Gasteiger partial charge >= 0.3 is 0 Å². The van der Waals surface area contributed by atoms with Crippen LogP contribution in [0.1, 0.15) is 24.5 Å². The Morgan fingerprint density at radius 2 is 1.67 bits per heavy atom. The highest BCUT2D eigenvalue weighted by Crippen LogP contribution is 2.38. The van der Waals surface area contributed by atoms with Crippen molar-refractivity contribution in [3.05, 3.63) is 48.2 Å². The van der Waals surface area contributed by atoms with Crippen molar-refractivity contribution in [2.75, 3.05) is 0 Å². The molecule has 1 fully saturated rings. The number of aromatic nitrogens is 2. The maximum atomic E-state index is 4.27. The molecule has 74 valence electrons. The number of hydrogen-bond acceptors (Lipinski definition) is 2. The summed E-state index contributed by atoms with van der Waals surface area (Å²) in [7, 11) is 0. The molecule has 3 rings (SSSR count). The van der Waals surface area contributed by atoms with Gasteiger partial charge in [-0.05, 0) is 25.0 Å². The van der Waals surface area contributed by atoms with Crippen molar-refractivity contribution in [2.45, 2.75) is 18.8 Å². The summed E-state index contributed by atoms with van der Waals surface area (Å²) < 4.78 is 0. The average molecular weight is 196 g/mol. The summed E-state index contributed by atoms with van der Waals surface area (Å²) in [4.78, 5) is 0. The Labute approximate surface area is 89.0 Å². The van der Waals surface area contributed by atoms with E-state index >= 15 is 0 Å². The molecule has 1 aromatic heterocycles. The van der Waals surface area contributed by atoms with E-state index in [-0.39, 0.29) is 0 Å². The zero-order valence-corrected chi connectivity index (χ0v) is 8.43. The molecular weight excluding hydrogens is 184 g/mol. The lowest BCUT2D eigenvalue weighted by Crippen LogP contribution is -1.92. The second kappa shape index (κ2) is 3.46. The van der Waals surface area contributed by atoms with Crippen LogP contribution in [0.5, 0.6) is 0 Å². The van der Waals surface area contributed by atoms with Gasteiger partial charge in [-0.2, -0.15) is 10.2 Å². The van der Waals surface area contributed by atoms with E-state index in [0.717, 1.165) is 17.0 Å². The molecule has 1 aromatic carbocycles. The number of nitrogens with zero attached hydrogens (tertiary/aromatic N) is 2. The molecule has 1 aliphatic carbocycles. The average Bonchev–Trinajstić information content (AvgIpc) is 3.15. The molecule has 1 saturated carbocycles. The predicted octanol–water partition coefficient (Wildman–Crippen LogP) is 3.02. The lowest BCUT2D eigenvalue weighted by atomic mass is 10.1. The third-order valence-corrected chi connectivity index (χ3v) is 2.75. The first kappa shape index (κ1) is 8.60. The Balaban J connectivity index is 1.93. The molecule has 0 spiro atoms. The van der Waals surface area contributed by atoms with Gasteiger partial charge in [0.25, 0.3) is 0 Å². The molecule has 0 unspecified atom stereocenters. The van der Waals surface area contributed by atoms with Crippen LogP contribution < -0.4 is 0 Å². The van der Waals surface area contributed by atoms with E-state index in [9.17, 15) is 0 Å². The van der Waals surface area contributed by atoms with Gasteiger partial charge < -0.3 is 0 Å². The normalized spacial score (nSPS) is 15.2. The van der Waals surface area contributed by atoms with Crippen molar-refractivity contribution in [3.8, 4) is 11.3 Å². The molecule has 1 aliphatic rings. The van der Waals surface area contributed by atoms with Gasteiger partial charge in [0.2, 0.25) is 0 Å². The Morgan fingerprint density at radius 3 is 2.27 bits per heavy atom. The topological polar surface area (TPSA) is 25.8 Å². The highest BCUT2D eigenvalue weighted by molar-refractivity contribution is 5.58.